The molecule has 3 aromatic heterocycles. The van der Waals surface area contributed by atoms with E-state index < -0.39 is 11.0 Å². The number of nitrogens with two attached hydrogens (primary N) is 1. The molecule has 182 valence electrons. The molecular formula is C27H31N5O3. The van der Waals surface area contributed by atoms with Crippen LogP contribution in [0.25, 0.3) is 10.8 Å². The van der Waals surface area contributed by atoms with E-state index in [-0.39, 0.29) is 18.2 Å². The van der Waals surface area contributed by atoms with Gasteiger partial charge in [-0.25, -0.2) is 19.7 Å². The Balaban J connectivity index is 1.40. The number of anilines is 2. The topological polar surface area (TPSA) is 112 Å². The lowest BCUT2D eigenvalue weighted by atomic mass is 9.79. The first-order valence-electron chi connectivity index (χ1n) is 12.4. The molecule has 2 fully saturated rings. The number of rotatable bonds is 6. The standard InChI is InChI=1S/C27H31N5O3/c1-14-26(2,3)23-17(25(33)34-14)9-10-21(32-23)31-22-11-18-19(12-29-22)24(35-16-7-8-16)30-13-20(18)27(4,28)15-5-6-15/h9-16H,5-8,28H2,1-4H3,(H,29,31,32)/t14-,27-/m1/s1. The molecule has 2 atom stereocenters. The van der Waals surface area contributed by atoms with Gasteiger partial charge in [-0.15, -0.1) is 0 Å². The number of cyclic esters (lactones) is 1. The number of carbonyl (C=O) groups is 1. The van der Waals surface area contributed by atoms with Crippen LogP contribution in [0.1, 0.15) is 75.0 Å². The summed E-state index contributed by atoms with van der Waals surface area (Å²) in [7, 11) is 0. The van der Waals surface area contributed by atoms with Crippen LogP contribution in [-0.4, -0.2) is 33.1 Å². The highest BCUT2D eigenvalue weighted by Crippen LogP contribution is 2.46. The first-order valence-corrected chi connectivity index (χ1v) is 12.4. The van der Waals surface area contributed by atoms with E-state index in [0.29, 0.717) is 29.0 Å². The van der Waals surface area contributed by atoms with Crippen LogP contribution in [0.3, 0.4) is 0 Å². The Morgan fingerprint density at radius 2 is 1.89 bits per heavy atom. The fourth-order valence-corrected chi connectivity index (χ4v) is 4.83. The Hall–Kier alpha value is -3.26. The van der Waals surface area contributed by atoms with Crippen LogP contribution in [0.4, 0.5) is 11.6 Å². The maximum absolute atomic E-state index is 12.4. The second-order valence-electron chi connectivity index (χ2n) is 11.0. The minimum Gasteiger partial charge on any atom is -0.474 e. The fourth-order valence-electron chi connectivity index (χ4n) is 4.83. The summed E-state index contributed by atoms with van der Waals surface area (Å²) < 4.78 is 11.6. The molecule has 3 aliphatic rings. The Morgan fingerprint density at radius 1 is 1.11 bits per heavy atom. The van der Waals surface area contributed by atoms with Crippen molar-refractivity contribution in [2.45, 2.75) is 76.5 Å². The highest BCUT2D eigenvalue weighted by molar-refractivity contribution is 5.93. The van der Waals surface area contributed by atoms with E-state index in [1.165, 1.54) is 0 Å². The number of ether oxygens (including phenoxy) is 2. The Kier molecular flexibility index (Phi) is 4.84. The van der Waals surface area contributed by atoms with Gasteiger partial charge in [0.15, 0.2) is 0 Å². The number of hydrogen-bond donors (Lipinski definition) is 2. The normalized spacial score (nSPS) is 22.8. The van der Waals surface area contributed by atoms with Crippen molar-refractivity contribution in [3.05, 3.63) is 47.4 Å². The Bertz CT molecular complexity index is 1340. The third-order valence-corrected chi connectivity index (χ3v) is 7.83. The van der Waals surface area contributed by atoms with Crippen molar-refractivity contribution in [2.75, 3.05) is 5.32 Å². The van der Waals surface area contributed by atoms with Crippen molar-refractivity contribution < 1.29 is 14.3 Å². The lowest BCUT2D eigenvalue weighted by Crippen LogP contribution is -2.42. The smallest absolute Gasteiger partial charge is 0.340 e. The number of fused-ring (bicyclic) bond motifs is 2. The maximum Gasteiger partial charge on any atom is 0.340 e. The monoisotopic (exact) mass is 473 g/mol. The molecule has 2 saturated carbocycles. The van der Waals surface area contributed by atoms with Gasteiger partial charge in [0.05, 0.1) is 16.6 Å². The van der Waals surface area contributed by atoms with Gasteiger partial charge in [0.1, 0.15) is 23.8 Å². The molecule has 2 aliphatic carbocycles. The highest BCUT2D eigenvalue weighted by atomic mass is 16.5. The summed E-state index contributed by atoms with van der Waals surface area (Å²) in [6.45, 7) is 8.06. The number of nitrogens with zero attached hydrogens (tertiary/aromatic N) is 3. The zero-order chi connectivity index (χ0) is 24.5. The second-order valence-corrected chi connectivity index (χ2v) is 11.0. The van der Waals surface area contributed by atoms with E-state index in [1.54, 1.807) is 18.3 Å². The van der Waals surface area contributed by atoms with Crippen molar-refractivity contribution in [3.8, 4) is 5.88 Å². The number of aromatic nitrogens is 3. The Labute approximate surface area is 204 Å². The molecule has 0 unspecified atom stereocenters. The average molecular weight is 474 g/mol. The van der Waals surface area contributed by atoms with Crippen LogP contribution in [0, 0.1) is 5.92 Å². The van der Waals surface area contributed by atoms with Gasteiger partial charge in [-0.2, -0.15) is 0 Å². The summed E-state index contributed by atoms with van der Waals surface area (Å²) in [6.07, 6.45) is 8.00. The van der Waals surface area contributed by atoms with E-state index in [2.05, 4.69) is 22.2 Å². The van der Waals surface area contributed by atoms with Crippen LogP contribution in [0.15, 0.2) is 30.6 Å². The van der Waals surface area contributed by atoms with Crippen molar-refractivity contribution in [1.29, 1.82) is 0 Å². The van der Waals surface area contributed by atoms with Gasteiger partial charge in [0.2, 0.25) is 5.88 Å². The van der Waals surface area contributed by atoms with Gasteiger partial charge in [-0.05, 0) is 74.6 Å². The largest absolute Gasteiger partial charge is 0.474 e. The molecule has 4 heterocycles. The van der Waals surface area contributed by atoms with Crippen molar-refractivity contribution in [1.82, 2.24) is 15.0 Å². The number of hydrogen-bond acceptors (Lipinski definition) is 8. The van der Waals surface area contributed by atoms with Crippen LogP contribution >= 0.6 is 0 Å². The zero-order valence-electron chi connectivity index (χ0n) is 20.6. The van der Waals surface area contributed by atoms with Gasteiger partial charge in [-0.1, -0.05) is 13.8 Å². The third kappa shape index (κ3) is 3.80. The fraction of sp³-hybridized carbons (Fsp3) is 0.481. The van der Waals surface area contributed by atoms with Gasteiger partial charge in [0.25, 0.3) is 0 Å². The maximum atomic E-state index is 12.4. The third-order valence-electron chi connectivity index (χ3n) is 7.83. The zero-order valence-corrected chi connectivity index (χ0v) is 20.6. The molecule has 0 aromatic carbocycles. The van der Waals surface area contributed by atoms with Crippen molar-refractivity contribution in [2.24, 2.45) is 11.7 Å². The first kappa shape index (κ1) is 22.2. The molecule has 0 spiro atoms. The molecule has 0 amide bonds. The van der Waals surface area contributed by atoms with Crippen LogP contribution in [-0.2, 0) is 15.7 Å². The second kappa shape index (κ2) is 7.62. The SMILES string of the molecule is C[C@H]1OC(=O)c2ccc(Nc3cc4c([C@](C)(N)C5CC5)cnc(OC5CC5)c4cn3)nc2C1(C)C. The molecule has 8 heteroatoms. The van der Waals surface area contributed by atoms with Gasteiger partial charge >= 0.3 is 5.97 Å². The molecule has 1 aliphatic heterocycles. The lowest BCUT2D eigenvalue weighted by Gasteiger charge is -2.36. The van der Waals surface area contributed by atoms with Crippen LogP contribution in [0.2, 0.25) is 0 Å². The van der Waals surface area contributed by atoms with E-state index in [0.717, 1.165) is 47.7 Å². The average Bonchev–Trinajstić information content (AvgIpc) is 3.72. The van der Waals surface area contributed by atoms with E-state index in [4.69, 9.17) is 20.2 Å². The van der Waals surface area contributed by atoms with Crippen LogP contribution in [0.5, 0.6) is 5.88 Å². The Morgan fingerprint density at radius 3 is 2.60 bits per heavy atom. The highest BCUT2D eigenvalue weighted by Gasteiger charge is 2.42. The molecule has 0 radical (unpaired) electrons. The predicted octanol–water partition coefficient (Wildman–Crippen LogP) is 4.73. The van der Waals surface area contributed by atoms with Gasteiger partial charge < -0.3 is 20.5 Å². The first-order chi connectivity index (χ1) is 16.6. The summed E-state index contributed by atoms with van der Waals surface area (Å²) in [4.78, 5) is 26.5. The molecule has 6 rings (SSSR count). The minimum atomic E-state index is -0.480. The number of esters is 1. The molecule has 3 aromatic rings. The molecule has 0 saturated heterocycles. The van der Waals surface area contributed by atoms with E-state index in [9.17, 15) is 4.79 Å². The minimum absolute atomic E-state index is 0.235. The summed E-state index contributed by atoms with van der Waals surface area (Å²) in [5.74, 6) is 1.98. The molecule has 3 N–H and O–H groups in total. The number of nitrogens with one attached hydrogen (secondary N) is 1. The van der Waals surface area contributed by atoms with Gasteiger partial charge in [0, 0.05) is 23.3 Å². The number of carbonyl (C=O) groups excluding carboxylic acids is 1. The number of pyridine rings is 3. The molecule has 35 heavy (non-hydrogen) atoms. The summed E-state index contributed by atoms with van der Waals surface area (Å²) in [5, 5.41) is 5.19. The quantitative estimate of drug-likeness (QED) is 0.494. The summed E-state index contributed by atoms with van der Waals surface area (Å²) >= 11 is 0. The molecule has 0 bridgehead atoms. The van der Waals surface area contributed by atoms with Crippen molar-refractivity contribution in [3.63, 3.8) is 0 Å². The van der Waals surface area contributed by atoms with Gasteiger partial charge in [-0.3, -0.25) is 0 Å². The van der Waals surface area contributed by atoms with Crippen molar-refractivity contribution >= 4 is 28.4 Å². The van der Waals surface area contributed by atoms with E-state index in [1.807, 2.05) is 33.0 Å². The lowest BCUT2D eigenvalue weighted by molar-refractivity contribution is 0.00864. The summed E-state index contributed by atoms with van der Waals surface area (Å²) in [6, 6.07) is 5.55. The van der Waals surface area contributed by atoms with Crippen LogP contribution < -0.4 is 15.8 Å². The predicted molar refractivity (Wildman–Crippen MR) is 133 cm³/mol. The molecular weight excluding hydrogens is 442 g/mol. The van der Waals surface area contributed by atoms with E-state index >= 15 is 0 Å². The molecule has 8 nitrogen and oxygen atoms in total. The summed E-state index contributed by atoms with van der Waals surface area (Å²) in [5.41, 5.74) is 8.17.